The smallest absolute Gasteiger partial charge is 0.273 e. The van der Waals surface area contributed by atoms with E-state index in [-0.39, 0.29) is 5.91 Å². The molecule has 1 amide bonds. The van der Waals surface area contributed by atoms with Gasteiger partial charge in [0.15, 0.2) is 0 Å². The lowest BCUT2D eigenvalue weighted by Crippen LogP contribution is -2.12. The van der Waals surface area contributed by atoms with Crippen LogP contribution in [0.15, 0.2) is 43.0 Å². The number of hydrogen-bond acceptors (Lipinski definition) is 4. The Labute approximate surface area is 102 Å². The second kappa shape index (κ2) is 4.25. The average molecular weight is 239 g/mol. The quantitative estimate of drug-likeness (QED) is 0.711. The summed E-state index contributed by atoms with van der Waals surface area (Å²) in [4.78, 5) is 20.0. The molecule has 3 aromatic rings. The molecule has 88 valence electrons. The van der Waals surface area contributed by atoms with Crippen molar-refractivity contribution in [2.45, 2.75) is 0 Å². The minimum absolute atomic E-state index is 0.252. The lowest BCUT2D eigenvalue weighted by atomic mass is 10.2. The van der Waals surface area contributed by atoms with Crippen LogP contribution in [-0.2, 0) is 0 Å². The fourth-order valence-corrected chi connectivity index (χ4v) is 1.62. The third-order valence-corrected chi connectivity index (χ3v) is 2.48. The van der Waals surface area contributed by atoms with Gasteiger partial charge >= 0.3 is 0 Å². The van der Waals surface area contributed by atoms with Crippen molar-refractivity contribution < 1.29 is 4.79 Å². The van der Waals surface area contributed by atoms with E-state index >= 15 is 0 Å². The van der Waals surface area contributed by atoms with Crippen LogP contribution in [0.2, 0.25) is 0 Å². The molecule has 3 heterocycles. The molecule has 0 bridgehead atoms. The Balaban J connectivity index is 1.89. The standard InChI is InChI=1S/C12H9N5O/c18-12(11-2-4-15-17-11)16-9-5-8-6-13-3-1-10(8)14-7-9/h1-7H,(H,15,17)(H,16,18). The lowest BCUT2D eigenvalue weighted by molar-refractivity contribution is 0.102. The van der Waals surface area contributed by atoms with E-state index in [2.05, 4.69) is 25.5 Å². The molecule has 6 nitrogen and oxygen atoms in total. The maximum atomic E-state index is 11.8. The van der Waals surface area contributed by atoms with Gasteiger partial charge in [-0.15, -0.1) is 0 Å². The number of amides is 1. The number of aromatic nitrogens is 4. The molecule has 0 saturated carbocycles. The first-order chi connectivity index (χ1) is 8.83. The van der Waals surface area contributed by atoms with Gasteiger partial charge in [-0.05, 0) is 18.2 Å². The van der Waals surface area contributed by atoms with Crippen molar-refractivity contribution in [3.63, 3.8) is 0 Å². The summed E-state index contributed by atoms with van der Waals surface area (Å²) in [7, 11) is 0. The van der Waals surface area contributed by atoms with Gasteiger partial charge in [0.2, 0.25) is 0 Å². The molecular weight excluding hydrogens is 230 g/mol. The SMILES string of the molecule is O=C(Nc1cnc2ccncc2c1)c1ccn[nH]1. The number of nitrogens with zero attached hydrogens (tertiary/aromatic N) is 3. The number of carbonyl (C=O) groups excluding carboxylic acids is 1. The molecule has 2 N–H and O–H groups in total. The average Bonchev–Trinajstić information content (AvgIpc) is 2.92. The van der Waals surface area contributed by atoms with Crippen molar-refractivity contribution in [3.05, 3.63) is 48.7 Å². The van der Waals surface area contributed by atoms with Crippen molar-refractivity contribution in [2.24, 2.45) is 0 Å². The molecule has 0 aliphatic carbocycles. The van der Waals surface area contributed by atoms with E-state index in [1.807, 2.05) is 12.1 Å². The third-order valence-electron chi connectivity index (χ3n) is 2.48. The molecule has 0 aromatic carbocycles. The van der Waals surface area contributed by atoms with Crippen molar-refractivity contribution in [1.29, 1.82) is 0 Å². The minimum atomic E-state index is -0.252. The summed E-state index contributed by atoms with van der Waals surface area (Å²) >= 11 is 0. The number of nitrogens with one attached hydrogen (secondary N) is 2. The Morgan fingerprint density at radius 1 is 1.22 bits per heavy atom. The highest BCUT2D eigenvalue weighted by atomic mass is 16.1. The largest absolute Gasteiger partial charge is 0.319 e. The molecule has 0 spiro atoms. The first-order valence-electron chi connectivity index (χ1n) is 5.33. The second-order valence-corrected chi connectivity index (χ2v) is 3.72. The Morgan fingerprint density at radius 2 is 2.17 bits per heavy atom. The van der Waals surface area contributed by atoms with Crippen LogP contribution in [0.3, 0.4) is 0 Å². The first kappa shape index (κ1) is 10.4. The zero-order valence-electron chi connectivity index (χ0n) is 9.29. The first-order valence-corrected chi connectivity index (χ1v) is 5.33. The number of rotatable bonds is 2. The van der Waals surface area contributed by atoms with Gasteiger partial charge in [-0.2, -0.15) is 5.10 Å². The molecule has 3 aromatic heterocycles. The number of carbonyl (C=O) groups is 1. The fourth-order valence-electron chi connectivity index (χ4n) is 1.62. The number of anilines is 1. The van der Waals surface area contributed by atoms with E-state index in [1.54, 1.807) is 24.7 Å². The van der Waals surface area contributed by atoms with Crippen LogP contribution in [-0.4, -0.2) is 26.1 Å². The zero-order chi connectivity index (χ0) is 12.4. The van der Waals surface area contributed by atoms with Crippen molar-refractivity contribution >= 4 is 22.5 Å². The van der Waals surface area contributed by atoms with Gasteiger partial charge in [0.1, 0.15) is 5.69 Å². The van der Waals surface area contributed by atoms with Gasteiger partial charge in [-0.25, -0.2) is 0 Å². The van der Waals surface area contributed by atoms with Gasteiger partial charge in [-0.1, -0.05) is 0 Å². The van der Waals surface area contributed by atoms with Crippen LogP contribution in [0.4, 0.5) is 5.69 Å². The Kier molecular flexibility index (Phi) is 2.45. The van der Waals surface area contributed by atoms with Crippen LogP contribution in [0, 0.1) is 0 Å². The summed E-state index contributed by atoms with van der Waals surface area (Å²) in [6, 6.07) is 5.24. The highest BCUT2D eigenvalue weighted by molar-refractivity contribution is 6.03. The number of pyridine rings is 2. The molecule has 0 unspecified atom stereocenters. The van der Waals surface area contributed by atoms with Crippen LogP contribution >= 0.6 is 0 Å². The van der Waals surface area contributed by atoms with Crippen LogP contribution in [0.25, 0.3) is 10.9 Å². The Morgan fingerprint density at radius 3 is 3.00 bits per heavy atom. The van der Waals surface area contributed by atoms with E-state index in [1.165, 1.54) is 6.20 Å². The molecule has 0 aliphatic heterocycles. The number of aromatic amines is 1. The fraction of sp³-hybridized carbons (Fsp3) is 0. The van der Waals surface area contributed by atoms with Crippen molar-refractivity contribution in [2.75, 3.05) is 5.32 Å². The second-order valence-electron chi connectivity index (χ2n) is 3.72. The number of H-pyrrole nitrogens is 1. The van der Waals surface area contributed by atoms with Crippen LogP contribution in [0.1, 0.15) is 10.5 Å². The Bertz CT molecular complexity index is 693. The van der Waals surface area contributed by atoms with E-state index in [0.29, 0.717) is 11.4 Å². The topological polar surface area (TPSA) is 83.6 Å². The van der Waals surface area contributed by atoms with Gasteiger partial charge in [0, 0.05) is 24.0 Å². The third kappa shape index (κ3) is 1.91. The van der Waals surface area contributed by atoms with Crippen LogP contribution in [0.5, 0.6) is 0 Å². The molecule has 18 heavy (non-hydrogen) atoms. The predicted octanol–water partition coefficient (Wildman–Crippen LogP) is 1.61. The maximum absolute atomic E-state index is 11.8. The van der Waals surface area contributed by atoms with Gasteiger partial charge in [0.05, 0.1) is 17.4 Å². The van der Waals surface area contributed by atoms with Crippen LogP contribution < -0.4 is 5.32 Å². The van der Waals surface area contributed by atoms with Gasteiger partial charge < -0.3 is 5.32 Å². The normalized spacial score (nSPS) is 10.4. The van der Waals surface area contributed by atoms with Crippen molar-refractivity contribution in [3.8, 4) is 0 Å². The summed E-state index contributed by atoms with van der Waals surface area (Å²) in [6.45, 7) is 0. The van der Waals surface area contributed by atoms with E-state index < -0.39 is 0 Å². The number of hydrogen-bond donors (Lipinski definition) is 2. The highest BCUT2D eigenvalue weighted by Crippen LogP contribution is 2.15. The van der Waals surface area contributed by atoms with E-state index in [0.717, 1.165) is 10.9 Å². The molecular formula is C12H9N5O. The molecule has 3 rings (SSSR count). The summed E-state index contributed by atoms with van der Waals surface area (Å²) in [5, 5.41) is 9.93. The molecule has 0 radical (unpaired) electrons. The monoisotopic (exact) mass is 239 g/mol. The molecule has 0 fully saturated rings. The number of fused-ring (bicyclic) bond motifs is 1. The molecule has 0 saturated heterocycles. The summed E-state index contributed by atoms with van der Waals surface area (Å²) in [5.41, 5.74) is 1.86. The summed E-state index contributed by atoms with van der Waals surface area (Å²) in [5.74, 6) is -0.252. The van der Waals surface area contributed by atoms with Crippen molar-refractivity contribution in [1.82, 2.24) is 20.2 Å². The minimum Gasteiger partial charge on any atom is -0.319 e. The van der Waals surface area contributed by atoms with E-state index in [9.17, 15) is 4.79 Å². The molecule has 6 heteroatoms. The molecule has 0 aliphatic rings. The zero-order valence-corrected chi connectivity index (χ0v) is 9.29. The summed E-state index contributed by atoms with van der Waals surface area (Å²) in [6.07, 6.45) is 6.51. The predicted molar refractivity (Wildman–Crippen MR) is 66.1 cm³/mol. The van der Waals surface area contributed by atoms with E-state index in [4.69, 9.17) is 0 Å². The molecule has 0 atom stereocenters. The lowest BCUT2D eigenvalue weighted by Gasteiger charge is -2.04. The highest BCUT2D eigenvalue weighted by Gasteiger charge is 2.07. The summed E-state index contributed by atoms with van der Waals surface area (Å²) < 4.78 is 0. The van der Waals surface area contributed by atoms with Gasteiger partial charge in [-0.3, -0.25) is 19.9 Å². The maximum Gasteiger partial charge on any atom is 0.273 e. The van der Waals surface area contributed by atoms with Gasteiger partial charge in [0.25, 0.3) is 5.91 Å². The Hall–Kier alpha value is -2.76.